The second-order valence-electron chi connectivity index (χ2n) is 8.21. The van der Waals surface area contributed by atoms with Gasteiger partial charge in [-0.1, -0.05) is 70.4 Å². The summed E-state index contributed by atoms with van der Waals surface area (Å²) >= 11 is 0. The van der Waals surface area contributed by atoms with Crippen molar-refractivity contribution in [2.24, 2.45) is 11.5 Å². The molecule has 0 fully saturated rings. The molecule has 0 aromatic rings. The van der Waals surface area contributed by atoms with Gasteiger partial charge in [-0.3, -0.25) is 9.35 Å². The van der Waals surface area contributed by atoms with Crippen LogP contribution in [0.2, 0.25) is 0 Å². The van der Waals surface area contributed by atoms with Gasteiger partial charge in [-0.2, -0.15) is 8.42 Å². The maximum atomic E-state index is 10.5. The van der Waals surface area contributed by atoms with Gasteiger partial charge < -0.3 is 36.4 Å². The second kappa shape index (κ2) is 35.0. The molecule has 0 heterocycles. The molecule has 0 saturated carbocycles. The maximum Gasteiger partial charge on any atom is 1.00 e. The van der Waals surface area contributed by atoms with Gasteiger partial charge in [-0.25, -0.2) is 0 Å². The van der Waals surface area contributed by atoms with E-state index in [-0.39, 0.29) is 71.6 Å². The molecule has 0 aromatic carbocycles. The van der Waals surface area contributed by atoms with Gasteiger partial charge in [0, 0.05) is 25.4 Å². The van der Waals surface area contributed by atoms with E-state index in [0.717, 1.165) is 12.8 Å². The molecular weight excluding hydrogens is 538 g/mol. The number of carbonyl (C=O) groups excluding carboxylic acids is 3. The van der Waals surface area contributed by atoms with Crippen LogP contribution in [0.3, 0.4) is 0 Å². The normalized spacial score (nSPS) is 11.1. The van der Waals surface area contributed by atoms with Gasteiger partial charge in [0.1, 0.15) is 5.25 Å². The molecule has 214 valence electrons. The number of nitrogens with two attached hydrogens (primary N) is 2. The van der Waals surface area contributed by atoms with Crippen LogP contribution in [0.15, 0.2) is 12.2 Å². The molecule has 0 aromatic heterocycles. The zero-order valence-electron chi connectivity index (χ0n) is 23.6. The first-order valence-electron chi connectivity index (χ1n) is 12.5. The third-order valence-electron chi connectivity index (χ3n) is 4.79. The minimum absolute atomic E-state index is 0. The van der Waals surface area contributed by atoms with E-state index in [9.17, 15) is 33.0 Å². The van der Waals surface area contributed by atoms with Gasteiger partial charge in [0.2, 0.25) is 5.91 Å². The van der Waals surface area contributed by atoms with E-state index >= 15 is 0 Å². The molecular formula is C24H46N2Na2O9S. The van der Waals surface area contributed by atoms with E-state index in [1.165, 1.54) is 70.6 Å². The Morgan fingerprint density at radius 2 is 1.24 bits per heavy atom. The molecule has 0 aliphatic rings. The molecule has 0 radical (unpaired) electrons. The Labute approximate surface area is 272 Å². The largest absolute Gasteiger partial charge is 1.00 e. The summed E-state index contributed by atoms with van der Waals surface area (Å²) in [6.45, 7) is 2.74. The van der Waals surface area contributed by atoms with Gasteiger partial charge in [0.25, 0.3) is 10.1 Å². The molecule has 1 unspecified atom stereocenters. The average molecular weight is 585 g/mol. The van der Waals surface area contributed by atoms with Crippen LogP contribution in [0.4, 0.5) is 0 Å². The fourth-order valence-electron chi connectivity index (χ4n) is 2.83. The molecule has 14 heteroatoms. The van der Waals surface area contributed by atoms with Crippen molar-refractivity contribution < 1.29 is 102 Å². The monoisotopic (exact) mass is 584 g/mol. The standard InChI is InChI=1S/C18H35NO.C4H6O7S.C2H7NO.2Na/c1-2-3-4-5-6-7-8-9-10-11-12-13-14-15-16-17-18(19)20;5-3(6)1-2(4(7)8)12(9,10)11;3-1-2-4;;/h9-10H,2-8,11-17H2,1H3,(H2,19,20);2H,1H2,(H,5,6)(H,7,8)(H,9,10,11);4H,1-3H2;;/q;;;2*+1/p-2. The Kier molecular flexibility index (Phi) is 44.0. The molecule has 0 saturated heterocycles. The third-order valence-corrected chi connectivity index (χ3v) is 5.87. The van der Waals surface area contributed by atoms with Crippen molar-refractivity contribution in [3.63, 3.8) is 0 Å². The quantitative estimate of drug-likeness (QED) is 0.0460. The van der Waals surface area contributed by atoms with Crippen LogP contribution >= 0.6 is 0 Å². The first kappa shape index (κ1) is 47.8. The maximum absolute atomic E-state index is 10.5. The minimum atomic E-state index is -4.94. The third kappa shape index (κ3) is 43.0. The number of hydrogen-bond acceptors (Lipinski definition) is 9. The van der Waals surface area contributed by atoms with Crippen molar-refractivity contribution in [2.45, 2.75) is 108 Å². The van der Waals surface area contributed by atoms with E-state index in [1.807, 2.05) is 0 Å². The molecule has 0 bridgehead atoms. The zero-order chi connectivity index (χ0) is 28.2. The Morgan fingerprint density at radius 3 is 1.53 bits per heavy atom. The number of hydrogen-bond donors (Lipinski definition) is 4. The zero-order valence-corrected chi connectivity index (χ0v) is 28.4. The summed E-state index contributed by atoms with van der Waals surface area (Å²) in [6.07, 6.45) is 20.6. The van der Waals surface area contributed by atoms with Crippen molar-refractivity contribution in [1.82, 2.24) is 0 Å². The number of aliphatic hydroxyl groups excluding tert-OH is 1. The van der Waals surface area contributed by atoms with Crippen molar-refractivity contribution in [1.29, 1.82) is 0 Å². The van der Waals surface area contributed by atoms with E-state index < -0.39 is 33.7 Å². The van der Waals surface area contributed by atoms with Crippen LogP contribution in [0.5, 0.6) is 0 Å². The van der Waals surface area contributed by atoms with E-state index in [0.29, 0.717) is 13.0 Å². The molecule has 1 atom stereocenters. The Morgan fingerprint density at radius 1 is 0.842 bits per heavy atom. The van der Waals surface area contributed by atoms with Crippen molar-refractivity contribution in [3.05, 3.63) is 12.2 Å². The first-order chi connectivity index (χ1) is 16.9. The van der Waals surface area contributed by atoms with Gasteiger partial charge in [0.05, 0.1) is 12.6 Å². The number of aliphatic hydroxyl groups is 1. The number of aliphatic carboxylic acids is 2. The Bertz CT molecular complexity index is 692. The van der Waals surface area contributed by atoms with E-state index in [2.05, 4.69) is 19.1 Å². The molecule has 38 heavy (non-hydrogen) atoms. The summed E-state index contributed by atoms with van der Waals surface area (Å²) in [6, 6.07) is 0. The number of unbranched alkanes of at least 4 members (excludes halogenated alkanes) is 11. The Hall–Kier alpha value is -0.0200. The number of carboxylic acid groups (broad SMARTS) is 2. The first-order valence-corrected chi connectivity index (χ1v) is 14.0. The molecule has 1 amide bonds. The van der Waals surface area contributed by atoms with Crippen LogP contribution < -0.4 is 80.8 Å². The van der Waals surface area contributed by atoms with Crippen LogP contribution in [-0.4, -0.2) is 54.3 Å². The number of carboxylic acids is 2. The minimum Gasteiger partial charge on any atom is -0.550 e. The van der Waals surface area contributed by atoms with Gasteiger partial charge in [0.15, 0.2) is 0 Å². The number of primary amides is 1. The number of allylic oxidation sites excluding steroid dienone is 2. The predicted octanol–water partition coefficient (Wildman–Crippen LogP) is -5.41. The molecule has 0 rings (SSSR count). The van der Waals surface area contributed by atoms with Crippen LogP contribution in [0.25, 0.3) is 0 Å². The number of carbonyl (C=O) groups is 3. The van der Waals surface area contributed by atoms with Gasteiger partial charge in [-0.15, -0.1) is 0 Å². The summed E-state index contributed by atoms with van der Waals surface area (Å²) in [5.41, 5.74) is 9.88. The number of rotatable bonds is 20. The molecule has 0 aliphatic heterocycles. The summed E-state index contributed by atoms with van der Waals surface area (Å²) < 4.78 is 28.5. The summed E-state index contributed by atoms with van der Waals surface area (Å²) in [7, 11) is -4.94. The van der Waals surface area contributed by atoms with E-state index in [4.69, 9.17) is 21.1 Å². The fourth-order valence-corrected chi connectivity index (χ4v) is 3.42. The summed E-state index contributed by atoms with van der Waals surface area (Å²) in [4.78, 5) is 30.3. The average Bonchev–Trinajstić information content (AvgIpc) is 2.79. The summed E-state index contributed by atoms with van der Waals surface area (Å²) in [5, 5.41) is 25.0. The smallest absolute Gasteiger partial charge is 0.550 e. The van der Waals surface area contributed by atoms with Gasteiger partial charge >= 0.3 is 59.1 Å². The predicted molar refractivity (Wildman–Crippen MR) is 135 cm³/mol. The van der Waals surface area contributed by atoms with Crippen LogP contribution in [0, 0.1) is 0 Å². The number of amides is 1. The fraction of sp³-hybridized carbons (Fsp3) is 0.792. The van der Waals surface area contributed by atoms with Crippen LogP contribution in [0.1, 0.15) is 103 Å². The topological polar surface area (TPSA) is 224 Å². The van der Waals surface area contributed by atoms with Crippen molar-refractivity contribution in [3.8, 4) is 0 Å². The van der Waals surface area contributed by atoms with Crippen LogP contribution in [-0.2, 0) is 24.5 Å². The molecule has 6 N–H and O–H groups in total. The van der Waals surface area contributed by atoms with Gasteiger partial charge in [-0.05, 0) is 32.1 Å². The van der Waals surface area contributed by atoms with Crippen molar-refractivity contribution >= 4 is 28.0 Å². The summed E-state index contributed by atoms with van der Waals surface area (Å²) in [5.74, 6) is -4.24. The Balaban J connectivity index is -0.000000172. The molecule has 0 aliphatic carbocycles. The molecule has 11 nitrogen and oxygen atoms in total. The van der Waals surface area contributed by atoms with E-state index in [1.54, 1.807) is 0 Å². The SMILES string of the molecule is CCCCCCCCC=CCCCCCCCC(N)=O.NCCO.O=C([O-])CC(C(=O)[O-])S(=O)(=O)O.[Na+].[Na+]. The molecule has 0 spiro atoms. The van der Waals surface area contributed by atoms with Crippen molar-refractivity contribution in [2.75, 3.05) is 13.2 Å². The second-order valence-corrected chi connectivity index (χ2v) is 9.81.